The van der Waals surface area contributed by atoms with Crippen LogP contribution in [0.25, 0.3) is 0 Å². The van der Waals surface area contributed by atoms with Crippen LogP contribution < -0.4 is 15.4 Å². The van der Waals surface area contributed by atoms with Crippen LogP contribution in [0.5, 0.6) is 5.75 Å². The smallest absolute Gasteiger partial charge is 0.255 e. The van der Waals surface area contributed by atoms with Crippen LogP contribution >= 0.6 is 11.6 Å². The molecular weight excluding hydrogens is 364 g/mol. The number of amides is 2. The molecule has 0 radical (unpaired) electrons. The first kappa shape index (κ1) is 19.2. The van der Waals surface area contributed by atoms with Gasteiger partial charge in [0.25, 0.3) is 11.8 Å². The Morgan fingerprint density at radius 2 is 1.70 bits per heavy atom. The lowest BCUT2D eigenvalue weighted by molar-refractivity contribution is 0.0927. The number of hydrogen-bond donors (Lipinski definition) is 2. The van der Waals surface area contributed by atoms with Crippen molar-refractivity contribution in [3.8, 4) is 5.75 Å². The molecule has 3 rings (SSSR count). The van der Waals surface area contributed by atoms with E-state index in [0.29, 0.717) is 27.6 Å². The molecule has 27 heavy (non-hydrogen) atoms. The number of hydrogen-bond acceptors (Lipinski definition) is 3. The normalized spacial score (nSPS) is 14.4. The monoisotopic (exact) mass is 386 g/mol. The summed E-state index contributed by atoms with van der Waals surface area (Å²) in [5, 5.41) is 6.27. The van der Waals surface area contributed by atoms with Gasteiger partial charge in [0.2, 0.25) is 0 Å². The number of halogens is 1. The van der Waals surface area contributed by atoms with Crippen LogP contribution in [0.3, 0.4) is 0 Å². The highest BCUT2D eigenvalue weighted by atomic mass is 35.5. The van der Waals surface area contributed by atoms with Crippen molar-refractivity contribution in [3.63, 3.8) is 0 Å². The molecule has 0 unspecified atom stereocenters. The summed E-state index contributed by atoms with van der Waals surface area (Å²) in [4.78, 5) is 25.0. The van der Waals surface area contributed by atoms with Gasteiger partial charge >= 0.3 is 0 Å². The van der Waals surface area contributed by atoms with Gasteiger partial charge in [-0.2, -0.15) is 0 Å². The quantitative estimate of drug-likeness (QED) is 0.785. The Kier molecular flexibility index (Phi) is 6.35. The molecule has 1 aliphatic rings. The second-order valence-corrected chi connectivity index (χ2v) is 7.10. The second-order valence-electron chi connectivity index (χ2n) is 6.69. The van der Waals surface area contributed by atoms with Crippen molar-refractivity contribution in [1.82, 2.24) is 5.32 Å². The maximum Gasteiger partial charge on any atom is 0.255 e. The average Bonchev–Trinajstić information content (AvgIpc) is 2.69. The van der Waals surface area contributed by atoms with Crippen molar-refractivity contribution in [2.45, 2.75) is 38.1 Å². The summed E-state index contributed by atoms with van der Waals surface area (Å²) in [6.45, 7) is 0. The van der Waals surface area contributed by atoms with Crippen molar-refractivity contribution >= 4 is 29.1 Å². The molecule has 2 N–H and O–H groups in total. The number of nitrogens with one attached hydrogen (secondary N) is 2. The largest absolute Gasteiger partial charge is 0.495 e. The van der Waals surface area contributed by atoms with Crippen molar-refractivity contribution in [1.29, 1.82) is 0 Å². The fourth-order valence-corrected chi connectivity index (χ4v) is 3.52. The van der Waals surface area contributed by atoms with Gasteiger partial charge < -0.3 is 15.4 Å². The summed E-state index contributed by atoms with van der Waals surface area (Å²) in [5.41, 5.74) is 1.46. The Morgan fingerprint density at radius 1 is 1.00 bits per heavy atom. The molecule has 1 fully saturated rings. The fourth-order valence-electron chi connectivity index (χ4n) is 3.26. The maximum atomic E-state index is 12.5. The van der Waals surface area contributed by atoms with Crippen molar-refractivity contribution in [3.05, 3.63) is 58.6 Å². The van der Waals surface area contributed by atoms with Gasteiger partial charge in [0, 0.05) is 22.9 Å². The first-order chi connectivity index (χ1) is 13.1. The average molecular weight is 387 g/mol. The zero-order valence-corrected chi connectivity index (χ0v) is 16.0. The van der Waals surface area contributed by atoms with Gasteiger partial charge in [0.15, 0.2) is 0 Å². The summed E-state index contributed by atoms with van der Waals surface area (Å²) < 4.78 is 5.10. The molecule has 5 nitrogen and oxygen atoms in total. The molecule has 0 bridgehead atoms. The summed E-state index contributed by atoms with van der Waals surface area (Å²) in [7, 11) is 1.53. The number of benzene rings is 2. The molecule has 0 atom stereocenters. The lowest BCUT2D eigenvalue weighted by Gasteiger charge is -2.22. The second kappa shape index (κ2) is 8.91. The first-order valence-electron chi connectivity index (χ1n) is 9.12. The third-order valence-corrected chi connectivity index (χ3v) is 5.03. The SMILES string of the molecule is COc1ccc(NC(=O)c2cccc(C(=O)NC3CCCCC3)c2)cc1Cl. The van der Waals surface area contributed by atoms with Crippen LogP contribution in [0.4, 0.5) is 5.69 Å². The number of carbonyl (C=O) groups excluding carboxylic acids is 2. The Hall–Kier alpha value is -2.53. The van der Waals surface area contributed by atoms with E-state index in [9.17, 15) is 9.59 Å². The lowest BCUT2D eigenvalue weighted by atomic mass is 9.95. The maximum absolute atomic E-state index is 12.5. The summed E-state index contributed by atoms with van der Waals surface area (Å²) in [6.07, 6.45) is 5.57. The molecule has 1 aliphatic carbocycles. The van der Waals surface area contributed by atoms with Gasteiger partial charge in [-0.1, -0.05) is 36.9 Å². The summed E-state index contributed by atoms with van der Waals surface area (Å²) in [5.74, 6) is 0.101. The Morgan fingerprint density at radius 3 is 2.37 bits per heavy atom. The number of carbonyl (C=O) groups is 2. The van der Waals surface area contributed by atoms with E-state index < -0.39 is 0 Å². The predicted molar refractivity (Wildman–Crippen MR) is 107 cm³/mol. The molecule has 142 valence electrons. The molecular formula is C21H23ClN2O3. The van der Waals surface area contributed by atoms with E-state index in [-0.39, 0.29) is 17.9 Å². The van der Waals surface area contributed by atoms with Gasteiger partial charge in [-0.25, -0.2) is 0 Å². The highest BCUT2D eigenvalue weighted by molar-refractivity contribution is 6.32. The van der Waals surface area contributed by atoms with Crippen molar-refractivity contribution in [2.24, 2.45) is 0 Å². The Balaban J connectivity index is 1.67. The zero-order valence-electron chi connectivity index (χ0n) is 15.3. The number of ether oxygens (including phenoxy) is 1. The van der Waals surface area contributed by atoms with Crippen LogP contribution in [-0.4, -0.2) is 25.0 Å². The summed E-state index contributed by atoms with van der Waals surface area (Å²) >= 11 is 6.09. The first-order valence-corrected chi connectivity index (χ1v) is 9.50. The topological polar surface area (TPSA) is 67.4 Å². The molecule has 1 saturated carbocycles. The lowest BCUT2D eigenvalue weighted by Crippen LogP contribution is -2.36. The van der Waals surface area contributed by atoms with Crippen molar-refractivity contribution < 1.29 is 14.3 Å². The van der Waals surface area contributed by atoms with Gasteiger partial charge in [0.05, 0.1) is 12.1 Å². The molecule has 6 heteroatoms. The summed E-state index contributed by atoms with van der Waals surface area (Å²) in [6, 6.07) is 12.0. The zero-order chi connectivity index (χ0) is 19.2. The molecule has 0 aromatic heterocycles. The van der Waals surface area contributed by atoms with E-state index in [1.54, 1.807) is 42.5 Å². The van der Waals surface area contributed by atoms with E-state index in [4.69, 9.17) is 16.3 Å². The Labute approximate surface area is 164 Å². The third-order valence-electron chi connectivity index (χ3n) is 4.74. The minimum atomic E-state index is -0.302. The van der Waals surface area contributed by atoms with Gasteiger partial charge in [-0.05, 0) is 49.2 Å². The minimum Gasteiger partial charge on any atom is -0.495 e. The molecule has 0 spiro atoms. The third kappa shape index (κ3) is 5.01. The van der Waals surface area contributed by atoms with Crippen LogP contribution in [0, 0.1) is 0 Å². The predicted octanol–water partition coefficient (Wildman–Crippen LogP) is 4.66. The van der Waals surface area contributed by atoms with E-state index in [1.165, 1.54) is 13.5 Å². The van der Waals surface area contributed by atoms with Gasteiger partial charge in [-0.3, -0.25) is 9.59 Å². The van der Waals surface area contributed by atoms with Crippen molar-refractivity contribution in [2.75, 3.05) is 12.4 Å². The molecule has 2 aromatic rings. The van der Waals surface area contributed by atoms with E-state index in [1.807, 2.05) is 0 Å². The highest BCUT2D eigenvalue weighted by Crippen LogP contribution is 2.27. The van der Waals surface area contributed by atoms with Crippen LogP contribution in [-0.2, 0) is 0 Å². The molecule has 0 aliphatic heterocycles. The van der Waals surface area contributed by atoms with E-state index in [0.717, 1.165) is 25.7 Å². The highest BCUT2D eigenvalue weighted by Gasteiger charge is 2.17. The van der Waals surface area contributed by atoms with Crippen LogP contribution in [0.2, 0.25) is 5.02 Å². The molecule has 0 saturated heterocycles. The van der Waals surface area contributed by atoms with E-state index >= 15 is 0 Å². The number of rotatable bonds is 5. The van der Waals surface area contributed by atoms with Gasteiger partial charge in [-0.15, -0.1) is 0 Å². The fraction of sp³-hybridized carbons (Fsp3) is 0.333. The van der Waals surface area contributed by atoms with E-state index in [2.05, 4.69) is 10.6 Å². The van der Waals surface area contributed by atoms with Crippen LogP contribution in [0.15, 0.2) is 42.5 Å². The number of anilines is 1. The van der Waals surface area contributed by atoms with Crippen LogP contribution in [0.1, 0.15) is 52.8 Å². The molecule has 0 heterocycles. The molecule has 2 aromatic carbocycles. The van der Waals surface area contributed by atoms with Gasteiger partial charge in [0.1, 0.15) is 5.75 Å². The number of methoxy groups -OCH3 is 1. The standard InChI is InChI=1S/C21H23ClN2O3/c1-27-19-11-10-17(13-18(19)22)24-21(26)15-7-5-6-14(12-15)20(25)23-16-8-3-2-4-9-16/h5-7,10-13,16H,2-4,8-9H2,1H3,(H,23,25)(H,24,26). The Bertz CT molecular complexity index is 832. The molecule has 2 amide bonds. The minimum absolute atomic E-state index is 0.135.